The molecule has 4 aromatic rings. The molecule has 11 heteroatoms. The Kier molecular flexibility index (Phi) is 5.53. The second-order valence-corrected chi connectivity index (χ2v) is 6.84. The first-order valence-corrected chi connectivity index (χ1v) is 9.45. The normalized spacial score (nSPS) is 10.8. The Bertz CT molecular complexity index is 1430. The van der Waals surface area contributed by atoms with Gasteiger partial charge in [0.15, 0.2) is 5.52 Å². The van der Waals surface area contributed by atoms with E-state index in [-0.39, 0.29) is 29.8 Å². The number of nitrogens with one attached hydrogen (secondary N) is 1. The number of pyridine rings is 2. The van der Waals surface area contributed by atoms with Gasteiger partial charge in [0.1, 0.15) is 6.54 Å². The molecule has 3 heterocycles. The van der Waals surface area contributed by atoms with E-state index in [1.807, 2.05) is 0 Å². The molecule has 32 heavy (non-hydrogen) atoms. The molecule has 0 saturated carbocycles. The third-order valence-electron chi connectivity index (χ3n) is 4.71. The van der Waals surface area contributed by atoms with Crippen LogP contribution in [0, 0.1) is 10.1 Å². The van der Waals surface area contributed by atoms with Crippen LogP contribution in [0.1, 0.15) is 5.56 Å². The van der Waals surface area contributed by atoms with Crippen LogP contribution in [0.2, 0.25) is 0 Å². The maximum Gasteiger partial charge on any atom is 0.332 e. The molecule has 160 valence electrons. The SMILES string of the molecule is O=C(Cn1c(=O)n(Cc2cccnc2)c(=O)c2ncccc21)Nc1ccc([N+](=O)[O-])cc1. The van der Waals surface area contributed by atoms with Crippen LogP contribution in [-0.4, -0.2) is 29.9 Å². The quantitative estimate of drug-likeness (QED) is 0.360. The third kappa shape index (κ3) is 4.12. The number of aromatic nitrogens is 4. The number of carbonyl (C=O) groups is 1. The molecule has 0 aliphatic carbocycles. The number of nitro groups is 1. The zero-order chi connectivity index (χ0) is 22.7. The number of rotatable bonds is 6. The van der Waals surface area contributed by atoms with Gasteiger partial charge in [0.05, 0.1) is 17.0 Å². The summed E-state index contributed by atoms with van der Waals surface area (Å²) in [6, 6.07) is 11.8. The Balaban J connectivity index is 1.69. The fourth-order valence-corrected chi connectivity index (χ4v) is 3.22. The van der Waals surface area contributed by atoms with Crippen molar-refractivity contribution in [3.63, 3.8) is 0 Å². The molecule has 1 N–H and O–H groups in total. The van der Waals surface area contributed by atoms with Crippen LogP contribution < -0.4 is 16.6 Å². The van der Waals surface area contributed by atoms with E-state index >= 15 is 0 Å². The average molecular weight is 432 g/mol. The molecule has 0 aliphatic heterocycles. The van der Waals surface area contributed by atoms with Crippen LogP contribution in [0.4, 0.5) is 11.4 Å². The Morgan fingerprint density at radius 1 is 1.03 bits per heavy atom. The molecule has 0 bridgehead atoms. The Hall–Kier alpha value is -4.67. The molecule has 0 atom stereocenters. The summed E-state index contributed by atoms with van der Waals surface area (Å²) in [6.07, 6.45) is 4.55. The van der Waals surface area contributed by atoms with Crippen molar-refractivity contribution in [2.24, 2.45) is 0 Å². The monoisotopic (exact) mass is 432 g/mol. The summed E-state index contributed by atoms with van der Waals surface area (Å²) in [5, 5.41) is 13.4. The maximum atomic E-state index is 13.1. The van der Waals surface area contributed by atoms with Crippen molar-refractivity contribution in [3.8, 4) is 0 Å². The van der Waals surface area contributed by atoms with Gasteiger partial charge in [-0.05, 0) is 35.9 Å². The van der Waals surface area contributed by atoms with Crippen molar-refractivity contribution in [2.75, 3.05) is 5.32 Å². The smallest absolute Gasteiger partial charge is 0.325 e. The lowest BCUT2D eigenvalue weighted by atomic mass is 10.2. The first-order valence-electron chi connectivity index (χ1n) is 9.45. The first kappa shape index (κ1) is 20.6. The Morgan fingerprint density at radius 3 is 2.47 bits per heavy atom. The zero-order valence-electron chi connectivity index (χ0n) is 16.5. The molecule has 0 aliphatic rings. The first-order chi connectivity index (χ1) is 15.4. The maximum absolute atomic E-state index is 13.1. The number of carbonyl (C=O) groups excluding carboxylic acids is 1. The van der Waals surface area contributed by atoms with Crippen molar-refractivity contribution in [3.05, 3.63) is 104 Å². The van der Waals surface area contributed by atoms with Gasteiger partial charge in [-0.15, -0.1) is 0 Å². The molecule has 11 nitrogen and oxygen atoms in total. The molecule has 0 unspecified atom stereocenters. The Labute approximate surface area is 179 Å². The van der Waals surface area contributed by atoms with Crippen molar-refractivity contribution in [2.45, 2.75) is 13.1 Å². The van der Waals surface area contributed by atoms with E-state index in [0.29, 0.717) is 11.3 Å². The summed E-state index contributed by atoms with van der Waals surface area (Å²) in [4.78, 5) is 57.0. The third-order valence-corrected chi connectivity index (χ3v) is 4.71. The van der Waals surface area contributed by atoms with Gasteiger partial charge < -0.3 is 5.32 Å². The van der Waals surface area contributed by atoms with E-state index in [1.54, 1.807) is 36.7 Å². The fourth-order valence-electron chi connectivity index (χ4n) is 3.22. The summed E-state index contributed by atoms with van der Waals surface area (Å²) in [7, 11) is 0. The van der Waals surface area contributed by atoms with Gasteiger partial charge in [-0.2, -0.15) is 0 Å². The van der Waals surface area contributed by atoms with Gasteiger partial charge in [0.2, 0.25) is 5.91 Å². The highest BCUT2D eigenvalue weighted by Gasteiger charge is 2.17. The van der Waals surface area contributed by atoms with E-state index in [0.717, 1.165) is 4.57 Å². The van der Waals surface area contributed by atoms with Crippen LogP contribution >= 0.6 is 0 Å². The molecular weight excluding hydrogens is 416 g/mol. The minimum atomic E-state index is -0.668. The molecule has 4 rings (SSSR count). The lowest BCUT2D eigenvalue weighted by Crippen LogP contribution is -2.42. The molecule has 1 aromatic carbocycles. The average Bonchev–Trinajstić information content (AvgIpc) is 2.80. The lowest BCUT2D eigenvalue weighted by Gasteiger charge is -2.13. The summed E-state index contributed by atoms with van der Waals surface area (Å²) < 4.78 is 2.17. The van der Waals surface area contributed by atoms with Gasteiger partial charge in [-0.1, -0.05) is 6.07 Å². The highest BCUT2D eigenvalue weighted by Crippen LogP contribution is 2.15. The van der Waals surface area contributed by atoms with Gasteiger partial charge in [-0.3, -0.25) is 33.8 Å². The van der Waals surface area contributed by atoms with E-state index in [1.165, 1.54) is 35.0 Å². The van der Waals surface area contributed by atoms with Gasteiger partial charge in [0.25, 0.3) is 11.2 Å². The van der Waals surface area contributed by atoms with Crippen molar-refractivity contribution in [1.82, 2.24) is 19.1 Å². The minimum absolute atomic E-state index is 0.0258. The van der Waals surface area contributed by atoms with Crippen LogP contribution in [0.5, 0.6) is 0 Å². The predicted molar refractivity (Wildman–Crippen MR) is 115 cm³/mol. The second kappa shape index (κ2) is 8.60. The number of amides is 1. The van der Waals surface area contributed by atoms with E-state index in [4.69, 9.17) is 0 Å². The predicted octanol–water partition coefficient (Wildman–Crippen LogP) is 1.55. The molecule has 0 spiro atoms. The summed E-state index contributed by atoms with van der Waals surface area (Å²) in [5.41, 5.74) is -0.0926. The standard InChI is InChI=1S/C21H16N6O5/c28-18(24-15-5-7-16(8-6-15)27(31)32)13-25-17-4-2-10-23-19(17)20(29)26(21(25)30)12-14-3-1-9-22-11-14/h1-11H,12-13H2,(H,24,28). The number of anilines is 1. The fraction of sp³-hybridized carbons (Fsp3) is 0.0952. The number of fused-ring (bicyclic) bond motifs is 1. The van der Waals surface area contributed by atoms with E-state index < -0.39 is 22.1 Å². The topological polar surface area (TPSA) is 142 Å². The lowest BCUT2D eigenvalue weighted by molar-refractivity contribution is -0.384. The zero-order valence-corrected chi connectivity index (χ0v) is 16.5. The van der Waals surface area contributed by atoms with Gasteiger partial charge >= 0.3 is 5.69 Å². The number of benzene rings is 1. The number of hydrogen-bond donors (Lipinski definition) is 1. The highest BCUT2D eigenvalue weighted by molar-refractivity contribution is 5.91. The van der Waals surface area contributed by atoms with Crippen LogP contribution in [0.3, 0.4) is 0 Å². The molecule has 0 saturated heterocycles. The Morgan fingerprint density at radius 2 is 1.78 bits per heavy atom. The highest BCUT2D eigenvalue weighted by atomic mass is 16.6. The van der Waals surface area contributed by atoms with Gasteiger partial charge in [-0.25, -0.2) is 9.78 Å². The van der Waals surface area contributed by atoms with Crippen molar-refractivity contribution < 1.29 is 9.72 Å². The van der Waals surface area contributed by atoms with Gasteiger partial charge in [0, 0.05) is 36.4 Å². The minimum Gasteiger partial charge on any atom is -0.325 e. The van der Waals surface area contributed by atoms with Crippen molar-refractivity contribution >= 4 is 28.3 Å². The summed E-state index contributed by atoms with van der Waals surface area (Å²) in [6.45, 7) is -0.409. The second-order valence-electron chi connectivity index (χ2n) is 6.84. The number of nitrogens with zero attached hydrogens (tertiary/aromatic N) is 5. The molecule has 0 fully saturated rings. The largest absolute Gasteiger partial charge is 0.332 e. The summed E-state index contributed by atoms with van der Waals surface area (Å²) >= 11 is 0. The number of hydrogen-bond acceptors (Lipinski definition) is 7. The molecule has 0 radical (unpaired) electrons. The van der Waals surface area contributed by atoms with Crippen molar-refractivity contribution in [1.29, 1.82) is 0 Å². The van der Waals surface area contributed by atoms with Crippen LogP contribution in [-0.2, 0) is 17.9 Å². The molecule has 1 amide bonds. The van der Waals surface area contributed by atoms with Crippen LogP contribution in [0.15, 0.2) is 76.7 Å². The van der Waals surface area contributed by atoms with Crippen LogP contribution in [0.25, 0.3) is 11.0 Å². The summed E-state index contributed by atoms with van der Waals surface area (Å²) in [5.74, 6) is -0.544. The molecule has 3 aromatic heterocycles. The molecular formula is C21H16N6O5. The number of nitro benzene ring substituents is 1. The number of non-ortho nitro benzene ring substituents is 1. The van der Waals surface area contributed by atoms with E-state index in [9.17, 15) is 24.5 Å². The van der Waals surface area contributed by atoms with E-state index in [2.05, 4.69) is 15.3 Å².